The molecule has 1 N–H and O–H groups in total. The van der Waals surface area contributed by atoms with E-state index >= 15 is 0 Å². The molecule has 6 heteroatoms. The van der Waals surface area contributed by atoms with Gasteiger partial charge in [-0.2, -0.15) is 0 Å². The summed E-state index contributed by atoms with van der Waals surface area (Å²) in [5.74, 6) is 0.600. The predicted molar refractivity (Wildman–Crippen MR) is 74.9 cm³/mol. The van der Waals surface area contributed by atoms with Gasteiger partial charge in [0.2, 0.25) is 0 Å². The lowest BCUT2D eigenvalue weighted by atomic mass is 9.93. The molecule has 0 saturated heterocycles. The zero-order valence-corrected chi connectivity index (χ0v) is 11.2. The van der Waals surface area contributed by atoms with Crippen molar-refractivity contribution in [3.8, 4) is 0 Å². The number of nitro benzene ring substituents is 1. The second-order valence-corrected chi connectivity index (χ2v) is 5.02. The Balaban J connectivity index is 1.79. The van der Waals surface area contributed by atoms with Gasteiger partial charge in [0.15, 0.2) is 0 Å². The van der Waals surface area contributed by atoms with Crippen molar-refractivity contribution < 1.29 is 14.1 Å². The van der Waals surface area contributed by atoms with Crippen LogP contribution in [0, 0.1) is 10.1 Å². The third kappa shape index (κ3) is 2.65. The van der Waals surface area contributed by atoms with Gasteiger partial charge in [-0.3, -0.25) is 14.9 Å². The summed E-state index contributed by atoms with van der Waals surface area (Å²) in [4.78, 5) is 22.5. The van der Waals surface area contributed by atoms with Crippen molar-refractivity contribution in [2.24, 2.45) is 0 Å². The first-order chi connectivity index (χ1) is 10.1. The van der Waals surface area contributed by atoms with Crippen molar-refractivity contribution in [3.05, 3.63) is 63.6 Å². The van der Waals surface area contributed by atoms with Crippen molar-refractivity contribution in [1.29, 1.82) is 0 Å². The van der Waals surface area contributed by atoms with E-state index in [9.17, 15) is 14.9 Å². The van der Waals surface area contributed by atoms with Crippen LogP contribution in [0.4, 0.5) is 5.69 Å². The minimum absolute atomic E-state index is 0.0877. The topological polar surface area (TPSA) is 85.4 Å². The van der Waals surface area contributed by atoms with E-state index in [1.165, 1.54) is 18.2 Å². The lowest BCUT2D eigenvalue weighted by molar-refractivity contribution is -0.384. The smallest absolute Gasteiger partial charge is 0.270 e. The van der Waals surface area contributed by atoms with Crippen molar-refractivity contribution >= 4 is 11.6 Å². The first-order valence-corrected chi connectivity index (χ1v) is 6.77. The van der Waals surface area contributed by atoms with Gasteiger partial charge in [0.1, 0.15) is 5.76 Å². The first-order valence-electron chi connectivity index (χ1n) is 6.77. The van der Waals surface area contributed by atoms with Crippen LogP contribution in [0.15, 0.2) is 41.0 Å². The molecule has 1 atom stereocenters. The van der Waals surface area contributed by atoms with Gasteiger partial charge in [-0.05, 0) is 25.0 Å². The van der Waals surface area contributed by atoms with E-state index in [-0.39, 0.29) is 17.6 Å². The molecular weight excluding hydrogens is 272 g/mol. The second kappa shape index (κ2) is 5.40. The quantitative estimate of drug-likeness (QED) is 0.694. The normalized spacial score (nSPS) is 17.0. The summed E-state index contributed by atoms with van der Waals surface area (Å²) in [5, 5.41) is 13.7. The maximum atomic E-state index is 12.3. The molecule has 0 aliphatic heterocycles. The number of nitrogens with zero attached hydrogens (tertiary/aromatic N) is 1. The van der Waals surface area contributed by atoms with E-state index in [0.717, 1.165) is 30.6 Å². The van der Waals surface area contributed by atoms with Crippen LogP contribution in [0.1, 0.15) is 40.6 Å². The summed E-state index contributed by atoms with van der Waals surface area (Å²) in [5.41, 5.74) is 1.20. The number of furan rings is 1. The third-order valence-electron chi connectivity index (χ3n) is 3.68. The van der Waals surface area contributed by atoms with Gasteiger partial charge in [-0.25, -0.2) is 0 Å². The van der Waals surface area contributed by atoms with Crippen LogP contribution < -0.4 is 5.32 Å². The molecule has 3 rings (SSSR count). The van der Waals surface area contributed by atoms with Gasteiger partial charge in [0.05, 0.1) is 17.2 Å². The zero-order chi connectivity index (χ0) is 14.8. The summed E-state index contributed by atoms with van der Waals surface area (Å²) in [7, 11) is 0. The minimum atomic E-state index is -0.508. The Hall–Kier alpha value is -2.63. The van der Waals surface area contributed by atoms with Crippen LogP contribution in [0.2, 0.25) is 0 Å². The summed E-state index contributed by atoms with van der Waals surface area (Å²) < 4.78 is 5.38. The fraction of sp³-hybridized carbons (Fsp3) is 0.267. The second-order valence-electron chi connectivity index (χ2n) is 5.02. The molecule has 6 nitrogen and oxygen atoms in total. The number of benzene rings is 1. The molecule has 1 aliphatic carbocycles. The van der Waals surface area contributed by atoms with Crippen LogP contribution >= 0.6 is 0 Å². The molecule has 0 fully saturated rings. The number of nitro groups is 1. The molecule has 108 valence electrons. The average Bonchev–Trinajstić information content (AvgIpc) is 2.97. The Labute approximate surface area is 120 Å². The molecule has 0 saturated carbocycles. The number of hydrogen-bond acceptors (Lipinski definition) is 4. The van der Waals surface area contributed by atoms with Gasteiger partial charge in [-0.15, -0.1) is 0 Å². The van der Waals surface area contributed by atoms with Gasteiger partial charge in [0.25, 0.3) is 11.6 Å². The molecule has 0 radical (unpaired) electrons. The summed E-state index contributed by atoms with van der Waals surface area (Å²) in [6.45, 7) is 0. The Kier molecular flexibility index (Phi) is 3.43. The molecule has 1 heterocycles. The van der Waals surface area contributed by atoms with Crippen LogP contribution in [0.25, 0.3) is 0 Å². The first kappa shape index (κ1) is 13.4. The van der Waals surface area contributed by atoms with Crippen LogP contribution in [0.3, 0.4) is 0 Å². The van der Waals surface area contributed by atoms with E-state index in [2.05, 4.69) is 5.32 Å². The molecule has 1 amide bonds. The molecule has 21 heavy (non-hydrogen) atoms. The highest BCUT2D eigenvalue weighted by atomic mass is 16.6. The van der Waals surface area contributed by atoms with E-state index < -0.39 is 4.92 Å². The Morgan fingerprint density at radius 3 is 3.05 bits per heavy atom. The van der Waals surface area contributed by atoms with E-state index in [4.69, 9.17) is 4.42 Å². The average molecular weight is 286 g/mol. The molecule has 1 aromatic heterocycles. The highest BCUT2D eigenvalue weighted by molar-refractivity contribution is 5.95. The number of fused-ring (bicyclic) bond motifs is 1. The zero-order valence-electron chi connectivity index (χ0n) is 11.2. The number of carbonyl (C=O) groups excluding carboxylic acids is 1. The molecule has 1 unspecified atom stereocenters. The fourth-order valence-electron chi connectivity index (χ4n) is 2.64. The summed E-state index contributed by atoms with van der Waals surface area (Å²) in [6.07, 6.45) is 4.29. The van der Waals surface area contributed by atoms with Gasteiger partial charge in [-0.1, -0.05) is 6.07 Å². The fourth-order valence-corrected chi connectivity index (χ4v) is 2.64. The number of aryl methyl sites for hydroxylation is 1. The Bertz CT molecular complexity index is 692. The van der Waals surface area contributed by atoms with E-state index in [1.807, 2.05) is 6.07 Å². The molecule has 1 aromatic carbocycles. The van der Waals surface area contributed by atoms with Crippen molar-refractivity contribution in [2.75, 3.05) is 0 Å². The highest BCUT2D eigenvalue weighted by Crippen LogP contribution is 2.30. The van der Waals surface area contributed by atoms with E-state index in [1.54, 1.807) is 12.3 Å². The number of rotatable bonds is 3. The lowest BCUT2D eigenvalue weighted by Gasteiger charge is -2.22. The molecular formula is C15H14N2O4. The highest BCUT2D eigenvalue weighted by Gasteiger charge is 2.24. The molecule has 1 aliphatic rings. The van der Waals surface area contributed by atoms with Crippen molar-refractivity contribution in [3.63, 3.8) is 0 Å². The lowest BCUT2D eigenvalue weighted by Crippen LogP contribution is -2.30. The van der Waals surface area contributed by atoms with Crippen LogP contribution in [0.5, 0.6) is 0 Å². The summed E-state index contributed by atoms with van der Waals surface area (Å²) >= 11 is 0. The monoisotopic (exact) mass is 286 g/mol. The Morgan fingerprint density at radius 1 is 1.38 bits per heavy atom. The third-order valence-corrected chi connectivity index (χ3v) is 3.68. The van der Waals surface area contributed by atoms with Crippen molar-refractivity contribution in [1.82, 2.24) is 5.32 Å². The van der Waals surface area contributed by atoms with Gasteiger partial charge < -0.3 is 9.73 Å². The predicted octanol–water partition coefficient (Wildman–Crippen LogP) is 3.00. The maximum Gasteiger partial charge on any atom is 0.270 e. The number of carbonyl (C=O) groups is 1. The molecule has 0 spiro atoms. The number of amides is 1. The SMILES string of the molecule is O=C(NC1CCCc2occc21)c1cccc([N+](=O)[O-])c1. The number of non-ortho nitro benzene ring substituents is 1. The molecule has 0 bridgehead atoms. The van der Waals surface area contributed by atoms with Gasteiger partial charge in [0, 0.05) is 29.7 Å². The van der Waals surface area contributed by atoms with Crippen LogP contribution in [-0.2, 0) is 6.42 Å². The van der Waals surface area contributed by atoms with Crippen molar-refractivity contribution in [2.45, 2.75) is 25.3 Å². The Morgan fingerprint density at radius 2 is 2.24 bits per heavy atom. The number of nitrogens with one attached hydrogen (secondary N) is 1. The number of hydrogen-bond donors (Lipinski definition) is 1. The largest absolute Gasteiger partial charge is 0.469 e. The standard InChI is InChI=1S/C15H14N2O4/c18-15(10-3-1-4-11(9-10)17(19)20)16-13-5-2-6-14-12(13)7-8-21-14/h1,3-4,7-9,13H,2,5-6H2,(H,16,18). The van der Waals surface area contributed by atoms with Gasteiger partial charge >= 0.3 is 0 Å². The summed E-state index contributed by atoms with van der Waals surface area (Å²) in [6, 6.07) is 7.50. The molecule has 2 aromatic rings. The van der Waals surface area contributed by atoms with Crippen LogP contribution in [-0.4, -0.2) is 10.8 Å². The van der Waals surface area contributed by atoms with E-state index in [0.29, 0.717) is 5.56 Å². The minimum Gasteiger partial charge on any atom is -0.469 e. The maximum absolute atomic E-state index is 12.3.